The number of hydrogen-bond acceptors (Lipinski definition) is 4. The third-order valence-electron chi connectivity index (χ3n) is 4.71. The maximum atomic E-state index is 12.6. The molecule has 0 saturated heterocycles. The molecule has 0 amide bonds. The van der Waals surface area contributed by atoms with E-state index >= 15 is 0 Å². The molecule has 1 saturated carbocycles. The molecule has 3 rings (SSSR count). The Morgan fingerprint density at radius 2 is 1.93 bits per heavy atom. The van der Waals surface area contributed by atoms with Gasteiger partial charge in [-0.05, 0) is 49.8 Å². The van der Waals surface area contributed by atoms with Crippen LogP contribution in [0.4, 0.5) is 13.2 Å². The van der Waals surface area contributed by atoms with Crippen molar-refractivity contribution in [3.05, 3.63) is 45.9 Å². The van der Waals surface area contributed by atoms with Gasteiger partial charge in [0.15, 0.2) is 11.7 Å². The Kier molecular flexibility index (Phi) is 7.35. The van der Waals surface area contributed by atoms with Crippen LogP contribution in [0.25, 0.3) is 0 Å². The van der Waals surface area contributed by atoms with Gasteiger partial charge in [-0.15, -0.1) is 11.3 Å². The average Bonchev–Trinajstić information content (AvgIpc) is 3.37. The molecule has 29 heavy (non-hydrogen) atoms. The minimum Gasteiger partial charge on any atom is -0.490 e. The first-order valence-corrected chi connectivity index (χ1v) is 10.5. The molecule has 0 spiro atoms. The Balaban J connectivity index is 1.39. The van der Waals surface area contributed by atoms with Crippen molar-refractivity contribution in [1.29, 1.82) is 0 Å². The fraction of sp³-hybridized carbons (Fsp3) is 0.500. The van der Waals surface area contributed by atoms with Crippen molar-refractivity contribution in [2.45, 2.75) is 50.9 Å². The van der Waals surface area contributed by atoms with E-state index in [1.165, 1.54) is 18.4 Å². The fourth-order valence-corrected chi connectivity index (χ4v) is 3.90. The largest absolute Gasteiger partial charge is 0.490 e. The number of thiazole rings is 1. The highest BCUT2D eigenvalue weighted by atomic mass is 32.1. The first-order chi connectivity index (χ1) is 13.9. The lowest BCUT2D eigenvalue weighted by Crippen LogP contribution is -2.37. The van der Waals surface area contributed by atoms with Gasteiger partial charge in [0.1, 0.15) is 10.8 Å². The summed E-state index contributed by atoms with van der Waals surface area (Å²) >= 11 is 0.974. The molecule has 1 fully saturated rings. The zero-order valence-electron chi connectivity index (χ0n) is 16.3. The van der Waals surface area contributed by atoms with Gasteiger partial charge in [-0.1, -0.05) is 12.1 Å². The zero-order chi connectivity index (χ0) is 20.7. The third kappa shape index (κ3) is 6.62. The molecule has 0 bridgehead atoms. The van der Waals surface area contributed by atoms with E-state index in [1.54, 1.807) is 7.05 Å². The van der Waals surface area contributed by atoms with Crippen LogP contribution in [0.5, 0.6) is 5.75 Å². The number of benzene rings is 1. The maximum Gasteiger partial charge on any atom is 0.434 e. The van der Waals surface area contributed by atoms with Crippen LogP contribution in [0.1, 0.15) is 41.9 Å². The van der Waals surface area contributed by atoms with Gasteiger partial charge in [0.2, 0.25) is 0 Å². The van der Waals surface area contributed by atoms with Crippen molar-refractivity contribution >= 4 is 17.3 Å². The molecule has 1 aliphatic carbocycles. The highest BCUT2D eigenvalue weighted by Crippen LogP contribution is 2.30. The molecule has 9 heteroatoms. The quantitative estimate of drug-likeness (QED) is 0.509. The van der Waals surface area contributed by atoms with Crippen molar-refractivity contribution in [2.24, 2.45) is 4.99 Å². The number of rotatable bonds is 7. The number of alkyl halides is 3. The van der Waals surface area contributed by atoms with Crippen molar-refractivity contribution in [3.8, 4) is 5.75 Å². The monoisotopic (exact) mass is 426 g/mol. The number of aliphatic imine (C=N–C) groups is 1. The average molecular weight is 427 g/mol. The molecule has 0 radical (unpaired) electrons. The summed E-state index contributed by atoms with van der Waals surface area (Å²) in [5, 5.41) is 7.53. The Hall–Kier alpha value is -2.29. The summed E-state index contributed by atoms with van der Waals surface area (Å²) in [5.41, 5.74) is 0.309. The van der Waals surface area contributed by atoms with E-state index in [1.807, 2.05) is 12.1 Å². The number of hydrogen-bond donors (Lipinski definition) is 2. The van der Waals surface area contributed by atoms with Crippen molar-refractivity contribution in [2.75, 3.05) is 13.6 Å². The highest BCUT2D eigenvalue weighted by molar-refractivity contribution is 7.09. The lowest BCUT2D eigenvalue weighted by atomic mass is 10.1. The van der Waals surface area contributed by atoms with E-state index in [9.17, 15) is 13.2 Å². The van der Waals surface area contributed by atoms with Crippen LogP contribution in [0.3, 0.4) is 0 Å². The molecule has 0 aliphatic heterocycles. The van der Waals surface area contributed by atoms with Gasteiger partial charge < -0.3 is 15.4 Å². The second-order valence-electron chi connectivity index (χ2n) is 6.90. The molecular formula is C20H25F3N4OS. The van der Waals surface area contributed by atoms with Crippen LogP contribution in [0.15, 0.2) is 34.6 Å². The Labute approximate surface area is 172 Å². The van der Waals surface area contributed by atoms with Crippen molar-refractivity contribution in [1.82, 2.24) is 15.6 Å². The smallest absolute Gasteiger partial charge is 0.434 e. The van der Waals surface area contributed by atoms with E-state index < -0.39 is 11.9 Å². The summed E-state index contributed by atoms with van der Waals surface area (Å²) < 4.78 is 43.8. The predicted octanol–water partition coefficient (Wildman–Crippen LogP) is 4.39. The summed E-state index contributed by atoms with van der Waals surface area (Å²) in [7, 11) is 1.62. The van der Waals surface area contributed by atoms with Gasteiger partial charge in [-0.25, -0.2) is 4.98 Å². The van der Waals surface area contributed by atoms with Crippen LogP contribution in [-0.4, -0.2) is 30.6 Å². The topological polar surface area (TPSA) is 58.5 Å². The van der Waals surface area contributed by atoms with Crippen molar-refractivity contribution in [3.63, 3.8) is 0 Å². The van der Waals surface area contributed by atoms with Crippen LogP contribution >= 0.6 is 11.3 Å². The van der Waals surface area contributed by atoms with Crippen LogP contribution in [0, 0.1) is 0 Å². The molecule has 1 aliphatic rings. The van der Waals surface area contributed by atoms with E-state index in [0.717, 1.165) is 41.7 Å². The number of halogens is 3. The van der Waals surface area contributed by atoms with Gasteiger partial charge in [-0.3, -0.25) is 4.99 Å². The van der Waals surface area contributed by atoms with Crippen LogP contribution in [-0.2, 0) is 19.1 Å². The van der Waals surface area contributed by atoms with Gasteiger partial charge in [0, 0.05) is 19.0 Å². The van der Waals surface area contributed by atoms with Gasteiger partial charge in [-0.2, -0.15) is 13.2 Å². The molecule has 0 unspecified atom stereocenters. The molecular weight excluding hydrogens is 401 g/mol. The SMILES string of the molecule is CN=C(NCCc1ccc(OC2CCCC2)cc1)NCc1nc(C(F)(F)F)cs1. The highest BCUT2D eigenvalue weighted by Gasteiger charge is 2.33. The second kappa shape index (κ2) is 9.96. The van der Waals surface area contributed by atoms with Gasteiger partial charge >= 0.3 is 6.18 Å². The summed E-state index contributed by atoms with van der Waals surface area (Å²) in [4.78, 5) is 7.69. The molecule has 158 valence electrons. The molecule has 1 aromatic carbocycles. The number of nitrogens with one attached hydrogen (secondary N) is 2. The molecule has 1 heterocycles. The van der Waals surface area contributed by atoms with Crippen molar-refractivity contribution < 1.29 is 17.9 Å². The molecule has 1 aromatic heterocycles. The summed E-state index contributed by atoms with van der Waals surface area (Å²) in [6.07, 6.45) is 1.49. The van der Waals surface area contributed by atoms with E-state index in [-0.39, 0.29) is 6.54 Å². The van der Waals surface area contributed by atoms with E-state index in [4.69, 9.17) is 4.74 Å². The van der Waals surface area contributed by atoms with Gasteiger partial charge in [0.05, 0.1) is 12.6 Å². The molecule has 0 atom stereocenters. The lowest BCUT2D eigenvalue weighted by Gasteiger charge is -2.14. The minimum absolute atomic E-state index is 0.188. The predicted molar refractivity (Wildman–Crippen MR) is 108 cm³/mol. The minimum atomic E-state index is -4.41. The lowest BCUT2D eigenvalue weighted by molar-refractivity contribution is -0.140. The number of ether oxygens (including phenoxy) is 1. The Morgan fingerprint density at radius 3 is 2.55 bits per heavy atom. The third-order valence-corrected chi connectivity index (χ3v) is 5.56. The summed E-state index contributed by atoms with van der Waals surface area (Å²) in [6, 6.07) is 8.11. The second-order valence-corrected chi connectivity index (χ2v) is 7.84. The van der Waals surface area contributed by atoms with Gasteiger partial charge in [0.25, 0.3) is 0 Å². The van der Waals surface area contributed by atoms with Crippen LogP contribution < -0.4 is 15.4 Å². The Morgan fingerprint density at radius 1 is 1.21 bits per heavy atom. The summed E-state index contributed by atoms with van der Waals surface area (Å²) in [5.74, 6) is 1.43. The Bertz CT molecular complexity index is 799. The standard InChI is InChI=1S/C20H25F3N4OS/c1-24-19(26-12-18-27-17(13-29-18)20(21,22)23)25-11-10-14-6-8-16(9-7-14)28-15-4-2-3-5-15/h6-9,13,15H,2-5,10-12H2,1H3,(H2,24,25,26). The maximum absolute atomic E-state index is 12.6. The number of nitrogens with zero attached hydrogens (tertiary/aromatic N) is 2. The normalized spacial score (nSPS) is 15.5. The van der Waals surface area contributed by atoms with Crippen LogP contribution in [0.2, 0.25) is 0 Å². The number of guanidine groups is 1. The summed E-state index contributed by atoms with van der Waals surface area (Å²) in [6.45, 7) is 0.835. The van der Waals surface area contributed by atoms with E-state index in [0.29, 0.717) is 23.6 Å². The zero-order valence-corrected chi connectivity index (χ0v) is 17.1. The molecule has 5 nitrogen and oxygen atoms in total. The molecule has 2 aromatic rings. The first kappa shape index (κ1) is 21.4. The fourth-order valence-electron chi connectivity index (χ4n) is 3.16. The molecule has 2 N–H and O–H groups in total. The number of aromatic nitrogens is 1. The van der Waals surface area contributed by atoms with E-state index in [2.05, 4.69) is 32.7 Å². The first-order valence-electron chi connectivity index (χ1n) is 9.66.